The fourth-order valence-corrected chi connectivity index (χ4v) is 3.13. The van der Waals surface area contributed by atoms with Gasteiger partial charge in [0.25, 0.3) is 0 Å². The van der Waals surface area contributed by atoms with Crippen molar-refractivity contribution in [3.05, 3.63) is 40.3 Å². The summed E-state index contributed by atoms with van der Waals surface area (Å²) in [4.78, 5) is 5.56. The molecule has 2 atom stereocenters. The molecule has 4 nitrogen and oxygen atoms in total. The van der Waals surface area contributed by atoms with Crippen LogP contribution in [0.5, 0.6) is 11.5 Å². The molecule has 0 bridgehead atoms. The van der Waals surface area contributed by atoms with Gasteiger partial charge in [-0.15, -0.1) is 11.3 Å². The molecule has 3 rings (SSSR count). The first-order chi connectivity index (χ1) is 9.74. The lowest BCUT2D eigenvalue weighted by Gasteiger charge is -2.27. The van der Waals surface area contributed by atoms with Crippen LogP contribution in [-0.4, -0.2) is 24.2 Å². The summed E-state index contributed by atoms with van der Waals surface area (Å²) in [5.41, 5.74) is 2.99. The summed E-state index contributed by atoms with van der Waals surface area (Å²) < 4.78 is 11.6. The smallest absolute Gasteiger partial charge is 0.161 e. The Morgan fingerprint density at radius 3 is 2.95 bits per heavy atom. The second-order valence-electron chi connectivity index (χ2n) is 4.93. The number of ether oxygens (including phenoxy) is 2. The number of hydrogen-bond donors (Lipinski definition) is 1. The lowest BCUT2D eigenvalue weighted by atomic mass is 10.2. The van der Waals surface area contributed by atoms with Gasteiger partial charge in [-0.25, -0.2) is 4.98 Å². The molecule has 2 unspecified atom stereocenters. The van der Waals surface area contributed by atoms with Gasteiger partial charge in [0, 0.05) is 17.5 Å². The van der Waals surface area contributed by atoms with Gasteiger partial charge in [0.1, 0.15) is 12.7 Å². The largest absolute Gasteiger partial charge is 0.486 e. The van der Waals surface area contributed by atoms with E-state index in [0.29, 0.717) is 6.61 Å². The maximum atomic E-state index is 5.93. The van der Waals surface area contributed by atoms with Crippen LogP contribution in [0.3, 0.4) is 0 Å². The van der Waals surface area contributed by atoms with E-state index < -0.39 is 0 Å². The summed E-state index contributed by atoms with van der Waals surface area (Å²) in [7, 11) is 0. The van der Waals surface area contributed by atoms with Gasteiger partial charge in [-0.2, -0.15) is 0 Å². The molecule has 0 fully saturated rings. The third kappa shape index (κ3) is 2.78. The molecule has 1 aromatic carbocycles. The third-order valence-electron chi connectivity index (χ3n) is 3.40. The zero-order valence-electron chi connectivity index (χ0n) is 11.6. The summed E-state index contributed by atoms with van der Waals surface area (Å²) in [6.07, 6.45) is 0.0422. The SMILES string of the molecule is Cc1ncsc1C(C)NCC1COc2ccccc2O1. The molecular formula is C15H18N2O2S. The van der Waals surface area contributed by atoms with Crippen molar-refractivity contribution >= 4 is 11.3 Å². The van der Waals surface area contributed by atoms with Gasteiger partial charge in [-0.05, 0) is 26.0 Å². The Balaban J connectivity index is 1.57. The van der Waals surface area contributed by atoms with Crippen molar-refractivity contribution < 1.29 is 9.47 Å². The molecule has 1 N–H and O–H groups in total. The first-order valence-electron chi connectivity index (χ1n) is 6.76. The molecule has 20 heavy (non-hydrogen) atoms. The van der Waals surface area contributed by atoms with Crippen molar-refractivity contribution in [2.45, 2.75) is 26.0 Å². The van der Waals surface area contributed by atoms with Crippen molar-refractivity contribution in [3.63, 3.8) is 0 Å². The van der Waals surface area contributed by atoms with E-state index >= 15 is 0 Å². The van der Waals surface area contributed by atoms with Crippen molar-refractivity contribution in [2.24, 2.45) is 0 Å². The molecule has 1 aliphatic rings. The minimum Gasteiger partial charge on any atom is -0.486 e. The maximum absolute atomic E-state index is 5.93. The predicted octanol–water partition coefficient (Wildman–Crippen LogP) is 2.94. The topological polar surface area (TPSA) is 43.4 Å². The highest BCUT2D eigenvalue weighted by atomic mass is 32.1. The predicted molar refractivity (Wildman–Crippen MR) is 79.6 cm³/mol. The van der Waals surface area contributed by atoms with E-state index in [1.54, 1.807) is 11.3 Å². The number of benzene rings is 1. The average Bonchev–Trinajstić information content (AvgIpc) is 2.91. The van der Waals surface area contributed by atoms with E-state index in [2.05, 4.69) is 17.2 Å². The summed E-state index contributed by atoms with van der Waals surface area (Å²) in [6.45, 7) is 5.53. The summed E-state index contributed by atoms with van der Waals surface area (Å²) in [6, 6.07) is 8.07. The molecule has 1 aliphatic heterocycles. The maximum Gasteiger partial charge on any atom is 0.161 e. The van der Waals surface area contributed by atoms with Crippen LogP contribution in [0.1, 0.15) is 23.5 Å². The summed E-state index contributed by atoms with van der Waals surface area (Å²) >= 11 is 1.69. The monoisotopic (exact) mass is 290 g/mol. The molecule has 0 amide bonds. The van der Waals surface area contributed by atoms with Crippen LogP contribution < -0.4 is 14.8 Å². The number of para-hydroxylation sites is 2. The minimum absolute atomic E-state index is 0.0422. The number of nitrogens with one attached hydrogen (secondary N) is 1. The van der Waals surface area contributed by atoms with Crippen LogP contribution in [0, 0.1) is 6.92 Å². The molecule has 0 saturated carbocycles. The fourth-order valence-electron chi connectivity index (χ4n) is 2.29. The van der Waals surface area contributed by atoms with Crippen LogP contribution in [0.25, 0.3) is 0 Å². The normalized spacial score (nSPS) is 18.8. The Morgan fingerprint density at radius 1 is 1.40 bits per heavy atom. The highest BCUT2D eigenvalue weighted by Crippen LogP contribution is 2.31. The summed E-state index contributed by atoms with van der Waals surface area (Å²) in [5.74, 6) is 1.65. The molecule has 0 aliphatic carbocycles. The Hall–Kier alpha value is -1.59. The number of hydrogen-bond acceptors (Lipinski definition) is 5. The quantitative estimate of drug-likeness (QED) is 0.940. The van der Waals surface area contributed by atoms with E-state index in [9.17, 15) is 0 Å². The molecule has 0 spiro atoms. The number of rotatable bonds is 4. The van der Waals surface area contributed by atoms with Gasteiger partial charge < -0.3 is 14.8 Å². The Bertz CT molecular complexity index is 585. The van der Waals surface area contributed by atoms with E-state index in [1.165, 1.54) is 4.88 Å². The number of aromatic nitrogens is 1. The highest BCUT2D eigenvalue weighted by Gasteiger charge is 2.21. The Labute approximate surface area is 122 Å². The number of thiazole rings is 1. The van der Waals surface area contributed by atoms with E-state index in [-0.39, 0.29) is 12.1 Å². The van der Waals surface area contributed by atoms with Gasteiger partial charge in [0.05, 0.1) is 11.2 Å². The zero-order chi connectivity index (χ0) is 13.9. The van der Waals surface area contributed by atoms with Crippen molar-refractivity contribution in [1.82, 2.24) is 10.3 Å². The van der Waals surface area contributed by atoms with Crippen LogP contribution in [0.2, 0.25) is 0 Å². The van der Waals surface area contributed by atoms with E-state index in [4.69, 9.17) is 9.47 Å². The lowest BCUT2D eigenvalue weighted by Crippen LogP contribution is -2.39. The van der Waals surface area contributed by atoms with E-state index in [0.717, 1.165) is 23.7 Å². The molecule has 0 radical (unpaired) electrons. The molecule has 0 saturated heterocycles. The van der Waals surface area contributed by atoms with Crippen molar-refractivity contribution in [2.75, 3.05) is 13.2 Å². The molecular weight excluding hydrogens is 272 g/mol. The van der Waals surface area contributed by atoms with Crippen LogP contribution in [-0.2, 0) is 0 Å². The number of aryl methyl sites for hydroxylation is 1. The minimum atomic E-state index is 0.0422. The first-order valence-corrected chi connectivity index (χ1v) is 7.64. The second-order valence-corrected chi connectivity index (χ2v) is 5.82. The van der Waals surface area contributed by atoms with Crippen molar-refractivity contribution in [1.29, 1.82) is 0 Å². The first kappa shape index (κ1) is 13.4. The summed E-state index contributed by atoms with van der Waals surface area (Å²) in [5, 5.41) is 3.49. The van der Waals surface area contributed by atoms with Crippen LogP contribution >= 0.6 is 11.3 Å². The molecule has 1 aromatic heterocycles. The van der Waals surface area contributed by atoms with E-state index in [1.807, 2.05) is 36.7 Å². The second kappa shape index (κ2) is 5.81. The van der Waals surface area contributed by atoms with Crippen LogP contribution in [0.4, 0.5) is 0 Å². The standard InChI is InChI=1S/C15H18N2O2S/c1-10(15-11(2)17-9-20-15)16-7-12-8-18-13-5-3-4-6-14(13)19-12/h3-6,9-10,12,16H,7-8H2,1-2H3. The highest BCUT2D eigenvalue weighted by molar-refractivity contribution is 7.09. The Kier molecular flexibility index (Phi) is 3.89. The van der Waals surface area contributed by atoms with Gasteiger partial charge in [-0.1, -0.05) is 12.1 Å². The molecule has 2 heterocycles. The number of fused-ring (bicyclic) bond motifs is 1. The molecule has 5 heteroatoms. The zero-order valence-corrected chi connectivity index (χ0v) is 12.4. The van der Waals surface area contributed by atoms with Gasteiger partial charge in [-0.3, -0.25) is 0 Å². The molecule has 2 aromatic rings. The van der Waals surface area contributed by atoms with Gasteiger partial charge in [0.15, 0.2) is 11.5 Å². The molecule has 106 valence electrons. The average molecular weight is 290 g/mol. The fraction of sp³-hybridized carbons (Fsp3) is 0.400. The Morgan fingerprint density at radius 2 is 2.20 bits per heavy atom. The van der Waals surface area contributed by atoms with Gasteiger partial charge >= 0.3 is 0 Å². The third-order valence-corrected chi connectivity index (χ3v) is 4.51. The van der Waals surface area contributed by atoms with Crippen LogP contribution in [0.15, 0.2) is 29.8 Å². The number of nitrogens with zero attached hydrogens (tertiary/aromatic N) is 1. The van der Waals surface area contributed by atoms with Crippen molar-refractivity contribution in [3.8, 4) is 11.5 Å². The lowest BCUT2D eigenvalue weighted by molar-refractivity contribution is 0.0886. The van der Waals surface area contributed by atoms with Gasteiger partial charge in [0.2, 0.25) is 0 Å².